The molecule has 1 aliphatic rings. The van der Waals surface area contributed by atoms with Crippen LogP contribution in [0, 0.1) is 12.8 Å². The number of nitrogens with one attached hydrogen (secondary N) is 1. The third kappa shape index (κ3) is 5.33. The highest BCUT2D eigenvalue weighted by Gasteiger charge is 2.30. The summed E-state index contributed by atoms with van der Waals surface area (Å²) in [6.07, 6.45) is 2.48. The van der Waals surface area contributed by atoms with Crippen LogP contribution in [-0.2, 0) is 14.8 Å². The van der Waals surface area contributed by atoms with Crippen LogP contribution in [0.2, 0.25) is 0 Å². The normalized spacial score (nSPS) is 15.8. The Morgan fingerprint density at radius 3 is 2.47 bits per heavy atom. The maximum absolute atomic E-state index is 12.6. The lowest BCUT2D eigenvalue weighted by atomic mass is 9.97. The van der Waals surface area contributed by atoms with Crippen molar-refractivity contribution in [2.75, 3.05) is 18.4 Å². The van der Waals surface area contributed by atoms with Crippen LogP contribution in [0.4, 0.5) is 5.88 Å². The van der Waals surface area contributed by atoms with Gasteiger partial charge in [0.05, 0.1) is 0 Å². The van der Waals surface area contributed by atoms with Gasteiger partial charge in [-0.05, 0) is 31.4 Å². The van der Waals surface area contributed by atoms with Gasteiger partial charge in [0.1, 0.15) is 5.69 Å². The van der Waals surface area contributed by atoms with E-state index in [0.717, 1.165) is 16.7 Å². The van der Waals surface area contributed by atoms with E-state index in [2.05, 4.69) is 10.5 Å². The second kappa shape index (κ2) is 9.50. The monoisotopic (exact) mass is 451 g/mol. The number of amides is 1. The smallest absolute Gasteiger partial charge is 0.236 e. The number of benzene rings is 2. The maximum atomic E-state index is 12.6. The molecule has 1 fully saturated rings. The van der Waals surface area contributed by atoms with Crippen LogP contribution >= 0.6 is 0 Å². The zero-order valence-electron chi connectivity index (χ0n) is 17.8. The van der Waals surface area contributed by atoms with Crippen LogP contribution in [0.1, 0.15) is 24.0 Å². The molecule has 2 aromatic carbocycles. The molecule has 3 aromatic rings. The van der Waals surface area contributed by atoms with Gasteiger partial charge in [0.2, 0.25) is 21.8 Å². The molecule has 1 N–H and O–H groups in total. The number of hydrogen-bond donors (Lipinski definition) is 1. The third-order valence-corrected chi connectivity index (χ3v) is 7.09. The van der Waals surface area contributed by atoms with Gasteiger partial charge in [-0.1, -0.05) is 65.3 Å². The highest BCUT2D eigenvalue weighted by atomic mass is 32.2. The van der Waals surface area contributed by atoms with Gasteiger partial charge in [0.25, 0.3) is 0 Å². The van der Waals surface area contributed by atoms with Crippen molar-refractivity contribution in [3.05, 3.63) is 77.2 Å². The first-order valence-corrected chi connectivity index (χ1v) is 12.0. The number of carbonyl (C=O) groups is 1. The van der Waals surface area contributed by atoms with Crippen molar-refractivity contribution in [2.45, 2.75) is 19.8 Å². The minimum atomic E-state index is -3.53. The molecule has 1 amide bonds. The molecule has 0 spiro atoms. The van der Waals surface area contributed by atoms with E-state index < -0.39 is 10.0 Å². The highest BCUT2D eigenvalue weighted by Crippen LogP contribution is 2.25. The number of sulfonamides is 1. The fraction of sp³-hybridized carbons (Fsp3) is 0.250. The first-order chi connectivity index (χ1) is 15.4. The first-order valence-electron chi connectivity index (χ1n) is 10.5. The summed E-state index contributed by atoms with van der Waals surface area (Å²) in [4.78, 5) is 12.6. The second-order valence-electron chi connectivity index (χ2n) is 7.86. The summed E-state index contributed by atoms with van der Waals surface area (Å²) in [7, 11) is -3.53. The van der Waals surface area contributed by atoms with Crippen LogP contribution in [0.3, 0.4) is 0 Å². The van der Waals surface area contributed by atoms with Crippen molar-refractivity contribution in [2.24, 2.45) is 5.92 Å². The molecule has 32 heavy (non-hydrogen) atoms. The van der Waals surface area contributed by atoms with Gasteiger partial charge in [0.15, 0.2) is 0 Å². The number of hydrogen-bond acceptors (Lipinski definition) is 5. The Bertz CT molecular complexity index is 1190. The summed E-state index contributed by atoms with van der Waals surface area (Å²) in [5, 5.41) is 8.01. The Morgan fingerprint density at radius 2 is 1.78 bits per heavy atom. The molecule has 4 rings (SSSR count). The van der Waals surface area contributed by atoms with E-state index >= 15 is 0 Å². The number of rotatable bonds is 6. The molecule has 0 bridgehead atoms. The van der Waals surface area contributed by atoms with Gasteiger partial charge in [-0.15, -0.1) is 0 Å². The second-order valence-corrected chi connectivity index (χ2v) is 9.68. The number of aryl methyl sites for hydroxylation is 1. The quantitative estimate of drug-likeness (QED) is 0.603. The summed E-state index contributed by atoms with van der Waals surface area (Å²) in [5.74, 6) is -0.188. The van der Waals surface area contributed by atoms with Crippen molar-refractivity contribution in [3.8, 4) is 11.3 Å². The summed E-state index contributed by atoms with van der Waals surface area (Å²) >= 11 is 0. The zero-order valence-corrected chi connectivity index (χ0v) is 18.6. The van der Waals surface area contributed by atoms with Crippen LogP contribution in [0.25, 0.3) is 17.3 Å². The van der Waals surface area contributed by atoms with Gasteiger partial charge >= 0.3 is 0 Å². The van der Waals surface area contributed by atoms with Crippen molar-refractivity contribution in [1.82, 2.24) is 9.46 Å². The van der Waals surface area contributed by atoms with Crippen LogP contribution in [-0.4, -0.2) is 36.9 Å². The SMILES string of the molecule is Cc1ccc(-c2cc(NC(=O)C3CCN(S(=O)(=O)C=Cc4ccccc4)CC3)on2)cc1. The molecule has 1 aromatic heterocycles. The van der Waals surface area contributed by atoms with Gasteiger partial charge in [-0.2, -0.15) is 4.31 Å². The Labute approximate surface area is 187 Å². The third-order valence-electron chi connectivity index (χ3n) is 5.52. The van der Waals surface area contributed by atoms with Gasteiger partial charge in [0, 0.05) is 36.0 Å². The zero-order chi connectivity index (χ0) is 22.6. The standard InChI is InChI=1S/C24H25N3O4S/c1-18-7-9-20(10-8-18)22-17-23(31-26-22)25-24(28)21-11-14-27(15-12-21)32(29,30)16-13-19-5-3-2-4-6-19/h2-10,13,16-17,21H,11-12,14-15H2,1H3,(H,25,28). The molecule has 0 aliphatic carbocycles. The number of piperidine rings is 1. The number of aromatic nitrogens is 1. The van der Waals surface area contributed by atoms with Crippen LogP contribution in [0.5, 0.6) is 0 Å². The molecule has 1 saturated heterocycles. The molecule has 0 atom stereocenters. The Kier molecular flexibility index (Phi) is 6.53. The van der Waals surface area contributed by atoms with Crippen molar-refractivity contribution in [3.63, 3.8) is 0 Å². The molecule has 7 nitrogen and oxygen atoms in total. The van der Waals surface area contributed by atoms with E-state index in [9.17, 15) is 13.2 Å². The van der Waals surface area contributed by atoms with Gasteiger partial charge < -0.3 is 4.52 Å². The molecular formula is C24H25N3O4S. The lowest BCUT2D eigenvalue weighted by Gasteiger charge is -2.29. The van der Waals surface area contributed by atoms with E-state index in [1.54, 1.807) is 12.1 Å². The molecule has 166 valence electrons. The molecule has 8 heteroatoms. The van der Waals surface area contributed by atoms with E-state index in [1.807, 2.05) is 61.5 Å². The lowest BCUT2D eigenvalue weighted by molar-refractivity contribution is -0.121. The molecule has 1 aliphatic heterocycles. The predicted molar refractivity (Wildman–Crippen MR) is 124 cm³/mol. The largest absolute Gasteiger partial charge is 0.338 e. The van der Waals surface area contributed by atoms with E-state index in [1.165, 1.54) is 9.71 Å². The average molecular weight is 452 g/mol. The minimum Gasteiger partial charge on any atom is -0.338 e. The fourth-order valence-electron chi connectivity index (χ4n) is 3.61. The minimum absolute atomic E-state index is 0.187. The van der Waals surface area contributed by atoms with Crippen molar-refractivity contribution >= 4 is 27.9 Å². The van der Waals surface area contributed by atoms with Gasteiger partial charge in [-0.3, -0.25) is 10.1 Å². The lowest BCUT2D eigenvalue weighted by Crippen LogP contribution is -2.40. The summed E-state index contributed by atoms with van der Waals surface area (Å²) in [5.41, 5.74) is 3.52. The van der Waals surface area contributed by atoms with Crippen LogP contribution in [0.15, 0.2) is 70.6 Å². The highest BCUT2D eigenvalue weighted by molar-refractivity contribution is 7.92. The van der Waals surface area contributed by atoms with E-state index in [0.29, 0.717) is 31.6 Å². The number of carbonyl (C=O) groups excluding carboxylic acids is 1. The fourth-order valence-corrected chi connectivity index (χ4v) is 4.83. The summed E-state index contributed by atoms with van der Waals surface area (Å²) < 4.78 is 31.9. The number of anilines is 1. The molecule has 0 radical (unpaired) electrons. The molecule has 0 unspecified atom stereocenters. The van der Waals surface area contributed by atoms with Crippen molar-refractivity contribution in [1.29, 1.82) is 0 Å². The predicted octanol–water partition coefficient (Wildman–Crippen LogP) is 4.30. The van der Waals surface area contributed by atoms with E-state index in [-0.39, 0.29) is 17.7 Å². The molecular weight excluding hydrogens is 426 g/mol. The van der Waals surface area contributed by atoms with Gasteiger partial charge in [-0.25, -0.2) is 8.42 Å². The van der Waals surface area contributed by atoms with Crippen molar-refractivity contribution < 1.29 is 17.7 Å². The van der Waals surface area contributed by atoms with E-state index in [4.69, 9.17) is 4.52 Å². The summed E-state index contributed by atoms with van der Waals surface area (Å²) in [6.45, 7) is 2.60. The number of nitrogens with zero attached hydrogens (tertiary/aromatic N) is 2. The van der Waals surface area contributed by atoms with Crippen LogP contribution < -0.4 is 5.32 Å². The Morgan fingerprint density at radius 1 is 1.09 bits per heavy atom. The molecule has 2 heterocycles. The first kappa shape index (κ1) is 22.0. The average Bonchev–Trinajstić information content (AvgIpc) is 3.27. The maximum Gasteiger partial charge on any atom is 0.236 e. The molecule has 0 saturated carbocycles. The summed E-state index contributed by atoms with van der Waals surface area (Å²) in [6, 6.07) is 18.8. The topological polar surface area (TPSA) is 92.5 Å². The Balaban J connectivity index is 1.32. The Hall–Kier alpha value is -3.23.